The Morgan fingerprint density at radius 1 is 1.28 bits per heavy atom. The first kappa shape index (κ1) is 14.7. The van der Waals surface area contributed by atoms with Crippen molar-refractivity contribution in [2.75, 3.05) is 11.9 Å². The van der Waals surface area contributed by atoms with Crippen LogP contribution in [-0.4, -0.2) is 12.3 Å². The van der Waals surface area contributed by atoms with Gasteiger partial charge in [0.1, 0.15) is 5.78 Å². The topological polar surface area (TPSA) is 29.1 Å². The van der Waals surface area contributed by atoms with Crippen molar-refractivity contribution in [2.45, 2.75) is 52.9 Å². The van der Waals surface area contributed by atoms with E-state index in [9.17, 15) is 4.79 Å². The molecule has 2 heteroatoms. The van der Waals surface area contributed by atoms with Crippen LogP contribution in [0.5, 0.6) is 0 Å². The Kier molecular flexibility index (Phi) is 4.94. The quantitative estimate of drug-likeness (QED) is 0.795. The fraction of sp³-hybridized carbons (Fsp3) is 0.562. The highest BCUT2D eigenvalue weighted by atomic mass is 16.1. The minimum absolute atomic E-state index is 0.192. The zero-order chi connectivity index (χ0) is 13.8. The van der Waals surface area contributed by atoms with E-state index in [-0.39, 0.29) is 11.2 Å². The highest BCUT2D eigenvalue weighted by molar-refractivity contribution is 5.75. The van der Waals surface area contributed by atoms with E-state index in [0.29, 0.717) is 6.42 Å². The Morgan fingerprint density at radius 3 is 2.44 bits per heavy atom. The number of carbonyl (C=O) groups is 1. The Labute approximate surface area is 111 Å². The molecule has 0 saturated heterocycles. The minimum Gasteiger partial charge on any atom is -0.385 e. The molecule has 0 heterocycles. The van der Waals surface area contributed by atoms with Crippen LogP contribution in [0.1, 0.15) is 51.7 Å². The molecule has 0 spiro atoms. The average molecular weight is 247 g/mol. The normalized spacial score (nSPS) is 11.4. The molecule has 0 unspecified atom stereocenters. The molecule has 0 saturated carbocycles. The van der Waals surface area contributed by atoms with E-state index in [1.165, 1.54) is 16.8 Å². The molecule has 1 N–H and O–H groups in total. The van der Waals surface area contributed by atoms with Crippen molar-refractivity contribution in [1.82, 2.24) is 0 Å². The summed E-state index contributed by atoms with van der Waals surface area (Å²) in [4.78, 5) is 10.8. The van der Waals surface area contributed by atoms with Crippen LogP contribution in [0.3, 0.4) is 0 Å². The second-order valence-electron chi connectivity index (χ2n) is 6.01. The molecule has 0 radical (unpaired) electrons. The number of anilines is 1. The number of ketones is 1. The monoisotopic (exact) mass is 247 g/mol. The standard InChI is InChI=1S/C16H25NO/c1-12-11-14(16(3,4)5)8-9-15(12)17-10-6-7-13(2)18/h8-9,11,17H,6-7,10H2,1-5H3. The summed E-state index contributed by atoms with van der Waals surface area (Å²) in [6.45, 7) is 11.3. The number of hydrogen-bond acceptors (Lipinski definition) is 2. The van der Waals surface area contributed by atoms with Gasteiger partial charge in [0.2, 0.25) is 0 Å². The van der Waals surface area contributed by atoms with Gasteiger partial charge in [-0.25, -0.2) is 0 Å². The van der Waals surface area contributed by atoms with Crippen LogP contribution in [0.2, 0.25) is 0 Å². The number of carbonyl (C=O) groups excluding carboxylic acids is 1. The van der Waals surface area contributed by atoms with Crippen LogP contribution in [-0.2, 0) is 10.2 Å². The summed E-state index contributed by atoms with van der Waals surface area (Å²) in [6, 6.07) is 6.57. The summed E-state index contributed by atoms with van der Waals surface area (Å²) in [7, 11) is 0. The summed E-state index contributed by atoms with van der Waals surface area (Å²) >= 11 is 0. The first-order chi connectivity index (χ1) is 8.30. The Morgan fingerprint density at radius 2 is 1.94 bits per heavy atom. The smallest absolute Gasteiger partial charge is 0.129 e. The van der Waals surface area contributed by atoms with Crippen LogP contribution in [0, 0.1) is 6.92 Å². The number of aryl methyl sites for hydroxylation is 1. The van der Waals surface area contributed by atoms with Gasteiger partial charge in [0.25, 0.3) is 0 Å². The van der Waals surface area contributed by atoms with E-state index in [2.05, 4.69) is 51.2 Å². The van der Waals surface area contributed by atoms with Crippen molar-refractivity contribution in [3.8, 4) is 0 Å². The Bertz CT molecular complexity index is 416. The van der Waals surface area contributed by atoms with Crippen LogP contribution < -0.4 is 5.32 Å². The molecule has 0 aromatic heterocycles. The van der Waals surface area contributed by atoms with E-state index < -0.39 is 0 Å². The fourth-order valence-electron chi connectivity index (χ4n) is 1.89. The summed E-state index contributed by atoms with van der Waals surface area (Å²) in [5.74, 6) is 0.261. The molecule has 0 amide bonds. The van der Waals surface area contributed by atoms with Crippen molar-refractivity contribution in [3.63, 3.8) is 0 Å². The largest absolute Gasteiger partial charge is 0.385 e. The zero-order valence-electron chi connectivity index (χ0n) is 12.3. The van der Waals surface area contributed by atoms with Gasteiger partial charge in [-0.05, 0) is 42.9 Å². The van der Waals surface area contributed by atoms with Gasteiger partial charge >= 0.3 is 0 Å². The molecule has 2 nitrogen and oxygen atoms in total. The highest BCUT2D eigenvalue weighted by Crippen LogP contribution is 2.26. The summed E-state index contributed by atoms with van der Waals surface area (Å²) in [5.41, 5.74) is 3.99. The van der Waals surface area contributed by atoms with Gasteiger partial charge in [-0.15, -0.1) is 0 Å². The SMILES string of the molecule is CC(=O)CCCNc1ccc(C(C)(C)C)cc1C. The Hall–Kier alpha value is -1.31. The summed E-state index contributed by atoms with van der Waals surface area (Å²) in [5, 5.41) is 3.39. The van der Waals surface area contributed by atoms with Crippen molar-refractivity contribution < 1.29 is 4.79 Å². The molecule has 18 heavy (non-hydrogen) atoms. The third kappa shape index (κ3) is 4.52. The maximum Gasteiger partial charge on any atom is 0.129 e. The lowest BCUT2D eigenvalue weighted by Crippen LogP contribution is -2.12. The number of nitrogens with one attached hydrogen (secondary N) is 1. The molecule has 0 fully saturated rings. The molecular formula is C16H25NO. The lowest BCUT2D eigenvalue weighted by Gasteiger charge is -2.21. The van der Waals surface area contributed by atoms with Gasteiger partial charge in [-0.3, -0.25) is 0 Å². The third-order valence-electron chi connectivity index (χ3n) is 3.11. The van der Waals surface area contributed by atoms with Gasteiger partial charge in [0.15, 0.2) is 0 Å². The van der Waals surface area contributed by atoms with E-state index in [4.69, 9.17) is 0 Å². The first-order valence-corrected chi connectivity index (χ1v) is 6.65. The number of benzene rings is 1. The molecule has 0 aliphatic rings. The Balaban J connectivity index is 2.60. The minimum atomic E-state index is 0.192. The molecular weight excluding hydrogens is 222 g/mol. The maximum atomic E-state index is 10.8. The molecule has 1 aromatic carbocycles. The fourth-order valence-corrected chi connectivity index (χ4v) is 1.89. The second kappa shape index (κ2) is 6.03. The van der Waals surface area contributed by atoms with Crippen molar-refractivity contribution in [3.05, 3.63) is 29.3 Å². The average Bonchev–Trinajstić information content (AvgIpc) is 2.24. The van der Waals surface area contributed by atoms with Gasteiger partial charge in [-0.2, -0.15) is 0 Å². The molecule has 0 aliphatic carbocycles. The number of hydrogen-bond donors (Lipinski definition) is 1. The highest BCUT2D eigenvalue weighted by Gasteiger charge is 2.14. The van der Waals surface area contributed by atoms with E-state index in [1.807, 2.05) is 0 Å². The van der Waals surface area contributed by atoms with Crippen LogP contribution >= 0.6 is 0 Å². The van der Waals surface area contributed by atoms with E-state index in [0.717, 1.165) is 13.0 Å². The van der Waals surface area contributed by atoms with Gasteiger partial charge in [-0.1, -0.05) is 32.9 Å². The van der Waals surface area contributed by atoms with Crippen molar-refractivity contribution in [2.24, 2.45) is 0 Å². The predicted molar refractivity (Wildman–Crippen MR) is 78.3 cm³/mol. The first-order valence-electron chi connectivity index (χ1n) is 6.65. The van der Waals surface area contributed by atoms with Gasteiger partial charge < -0.3 is 10.1 Å². The van der Waals surface area contributed by atoms with Crippen molar-refractivity contribution >= 4 is 11.5 Å². The van der Waals surface area contributed by atoms with Crippen LogP contribution in [0.15, 0.2) is 18.2 Å². The summed E-state index contributed by atoms with van der Waals surface area (Å²) < 4.78 is 0. The second-order valence-corrected chi connectivity index (χ2v) is 6.01. The van der Waals surface area contributed by atoms with Gasteiger partial charge in [0, 0.05) is 18.7 Å². The van der Waals surface area contributed by atoms with Crippen molar-refractivity contribution in [1.29, 1.82) is 0 Å². The van der Waals surface area contributed by atoms with E-state index in [1.54, 1.807) is 6.92 Å². The van der Waals surface area contributed by atoms with Crippen LogP contribution in [0.4, 0.5) is 5.69 Å². The number of rotatable bonds is 5. The molecule has 0 atom stereocenters. The molecule has 1 rings (SSSR count). The molecule has 0 bridgehead atoms. The van der Waals surface area contributed by atoms with Crippen LogP contribution in [0.25, 0.3) is 0 Å². The van der Waals surface area contributed by atoms with E-state index >= 15 is 0 Å². The third-order valence-corrected chi connectivity index (χ3v) is 3.11. The molecule has 0 aliphatic heterocycles. The maximum absolute atomic E-state index is 10.8. The lowest BCUT2D eigenvalue weighted by atomic mass is 9.86. The predicted octanol–water partition coefficient (Wildman–Crippen LogP) is 4.07. The number of Topliss-reactive ketones (excluding diaryl/α,β-unsaturated/α-hetero) is 1. The van der Waals surface area contributed by atoms with Gasteiger partial charge in [0.05, 0.1) is 0 Å². The lowest BCUT2D eigenvalue weighted by molar-refractivity contribution is -0.117. The summed E-state index contributed by atoms with van der Waals surface area (Å²) in [6.07, 6.45) is 1.56. The zero-order valence-corrected chi connectivity index (χ0v) is 12.3. The molecule has 100 valence electrons. The molecule has 1 aromatic rings.